The second-order valence-electron chi connectivity index (χ2n) is 12.5. The van der Waals surface area contributed by atoms with E-state index in [1.54, 1.807) is 7.11 Å². The Morgan fingerprint density at radius 2 is 0.981 bits per heavy atom. The topological polar surface area (TPSA) is 110 Å². The predicted octanol–water partition coefficient (Wildman–Crippen LogP) is 7.34. The minimum Gasteiger partial charge on any atom is -0.382 e. The summed E-state index contributed by atoms with van der Waals surface area (Å²) in [5.41, 5.74) is 1.76. The van der Waals surface area contributed by atoms with Gasteiger partial charge in [0.25, 0.3) is 8.53 Å². The third-order valence-corrected chi connectivity index (χ3v) is 10.0. The average molecular weight is 755 g/mol. The molecule has 292 valence electrons. The van der Waals surface area contributed by atoms with Crippen molar-refractivity contribution in [2.45, 2.75) is 58.1 Å². The molecule has 12 heteroatoms. The third-order valence-electron chi connectivity index (χ3n) is 7.89. The summed E-state index contributed by atoms with van der Waals surface area (Å²) in [5.74, 6) is 0. The Labute approximate surface area is 318 Å². The standard InChI is InChI=1S/C41H59N2O9P/c1-35(2)43(36(3)4)53(50-23-15-22-42)52-40(34-49-33-32-48-31-30-47-29-28-46-27-26-45-25-24-44-5)51-41(37-16-9-6-10-17-37,38-18-11-7-12-19-38)39-20-13-8-14-21-39/h6-14,16-21,35-36,40H,15,23-34H2,1-5H3. The van der Waals surface area contributed by atoms with E-state index in [1.165, 1.54) is 0 Å². The van der Waals surface area contributed by atoms with Crippen LogP contribution in [-0.2, 0) is 47.8 Å². The Hall–Kier alpha value is -2.82. The van der Waals surface area contributed by atoms with Gasteiger partial charge in [0.1, 0.15) is 5.60 Å². The number of nitrogens with zero attached hydrogens (tertiary/aromatic N) is 2. The van der Waals surface area contributed by atoms with Gasteiger partial charge in [-0.2, -0.15) is 5.26 Å². The van der Waals surface area contributed by atoms with Gasteiger partial charge in [-0.1, -0.05) is 91.0 Å². The summed E-state index contributed by atoms with van der Waals surface area (Å²) < 4.78 is 56.1. The number of hydrogen-bond acceptors (Lipinski definition) is 11. The Bertz CT molecular complexity index is 1260. The molecule has 0 saturated heterocycles. The fourth-order valence-electron chi connectivity index (χ4n) is 5.60. The molecule has 3 rings (SSSR count). The van der Waals surface area contributed by atoms with Crippen molar-refractivity contribution in [2.24, 2.45) is 0 Å². The van der Waals surface area contributed by atoms with Crippen molar-refractivity contribution in [1.29, 1.82) is 5.26 Å². The fraction of sp³-hybridized carbons (Fsp3) is 0.537. The largest absolute Gasteiger partial charge is 0.382 e. The second-order valence-corrected chi connectivity index (χ2v) is 13.9. The minimum atomic E-state index is -1.65. The van der Waals surface area contributed by atoms with Crippen LogP contribution in [0.2, 0.25) is 0 Å². The normalized spacial score (nSPS) is 13.1. The number of hydrogen-bond donors (Lipinski definition) is 0. The molecule has 0 aliphatic carbocycles. The van der Waals surface area contributed by atoms with Crippen LogP contribution in [0, 0.1) is 11.3 Å². The highest BCUT2D eigenvalue weighted by Crippen LogP contribution is 2.49. The molecule has 53 heavy (non-hydrogen) atoms. The maximum absolute atomic E-state index is 9.30. The Morgan fingerprint density at radius 3 is 1.36 bits per heavy atom. The van der Waals surface area contributed by atoms with Crippen LogP contribution in [0.15, 0.2) is 91.0 Å². The van der Waals surface area contributed by atoms with Crippen molar-refractivity contribution in [3.63, 3.8) is 0 Å². The van der Waals surface area contributed by atoms with Crippen LogP contribution >= 0.6 is 8.53 Å². The van der Waals surface area contributed by atoms with E-state index >= 15 is 0 Å². The molecular weight excluding hydrogens is 695 g/mol. The zero-order valence-corrected chi connectivity index (χ0v) is 33.0. The van der Waals surface area contributed by atoms with Gasteiger partial charge in [-0.15, -0.1) is 0 Å². The molecule has 0 N–H and O–H groups in total. The van der Waals surface area contributed by atoms with E-state index in [0.29, 0.717) is 66.1 Å². The van der Waals surface area contributed by atoms with Crippen molar-refractivity contribution in [2.75, 3.05) is 86.4 Å². The summed E-state index contributed by atoms with van der Waals surface area (Å²) in [6.45, 7) is 13.4. The zero-order chi connectivity index (χ0) is 38.0. The van der Waals surface area contributed by atoms with E-state index in [9.17, 15) is 5.26 Å². The van der Waals surface area contributed by atoms with E-state index in [4.69, 9.17) is 42.2 Å². The second kappa shape index (κ2) is 26.9. The van der Waals surface area contributed by atoms with E-state index in [-0.39, 0.29) is 31.7 Å². The third kappa shape index (κ3) is 15.8. The first kappa shape index (κ1) is 44.6. The summed E-state index contributed by atoms with van der Waals surface area (Å²) in [7, 11) is -0.00545. The first-order valence-corrected chi connectivity index (χ1v) is 19.5. The SMILES string of the molecule is COCCOCCOCCOCCOCCOCC(OP(OCCC#N)N(C(C)C)C(C)C)OC(c1ccccc1)(c1ccccc1)c1ccccc1. The Kier molecular flexibility index (Phi) is 22.6. The molecule has 0 spiro atoms. The van der Waals surface area contributed by atoms with Crippen molar-refractivity contribution in [1.82, 2.24) is 4.67 Å². The highest BCUT2D eigenvalue weighted by atomic mass is 31.2. The van der Waals surface area contributed by atoms with E-state index in [0.717, 1.165) is 16.7 Å². The quantitative estimate of drug-likeness (QED) is 0.0295. The summed E-state index contributed by atoms with van der Waals surface area (Å²) in [4.78, 5) is 0. The van der Waals surface area contributed by atoms with Crippen molar-refractivity contribution >= 4 is 8.53 Å². The van der Waals surface area contributed by atoms with E-state index in [2.05, 4.69) is 74.8 Å². The lowest BCUT2D eigenvalue weighted by molar-refractivity contribution is -0.176. The molecule has 2 unspecified atom stereocenters. The number of nitriles is 1. The molecule has 11 nitrogen and oxygen atoms in total. The number of ether oxygens (including phenoxy) is 7. The monoisotopic (exact) mass is 754 g/mol. The van der Waals surface area contributed by atoms with E-state index in [1.807, 2.05) is 54.6 Å². The van der Waals surface area contributed by atoms with Crippen LogP contribution in [-0.4, -0.2) is 109 Å². The van der Waals surface area contributed by atoms with Gasteiger partial charge >= 0.3 is 0 Å². The van der Waals surface area contributed by atoms with Gasteiger partial charge in [0.2, 0.25) is 0 Å². The highest BCUT2D eigenvalue weighted by molar-refractivity contribution is 7.44. The van der Waals surface area contributed by atoms with Gasteiger partial charge < -0.3 is 37.7 Å². The number of rotatable bonds is 30. The summed E-state index contributed by atoms with van der Waals surface area (Å²) in [6, 6.07) is 32.9. The molecule has 2 atom stereocenters. The van der Waals surface area contributed by atoms with Gasteiger partial charge in [0.05, 0.1) is 91.8 Å². The van der Waals surface area contributed by atoms with Gasteiger partial charge in [0, 0.05) is 19.2 Å². The molecule has 0 aliphatic rings. The van der Waals surface area contributed by atoms with Crippen molar-refractivity contribution in [3.05, 3.63) is 108 Å². The lowest BCUT2D eigenvalue weighted by atomic mass is 9.80. The van der Waals surface area contributed by atoms with Gasteiger partial charge in [-0.05, 0) is 44.4 Å². The van der Waals surface area contributed by atoms with Gasteiger partial charge in [0.15, 0.2) is 6.29 Å². The molecule has 0 aromatic heterocycles. The fourth-order valence-corrected chi connectivity index (χ4v) is 7.21. The van der Waals surface area contributed by atoms with Crippen LogP contribution in [0.5, 0.6) is 0 Å². The minimum absolute atomic E-state index is 0.102. The van der Waals surface area contributed by atoms with Crippen LogP contribution in [0.1, 0.15) is 50.8 Å². The lowest BCUT2D eigenvalue weighted by Crippen LogP contribution is -2.41. The lowest BCUT2D eigenvalue weighted by Gasteiger charge is -2.41. The molecule has 0 bridgehead atoms. The first-order valence-electron chi connectivity index (χ1n) is 18.4. The predicted molar refractivity (Wildman–Crippen MR) is 206 cm³/mol. The molecule has 0 radical (unpaired) electrons. The smallest absolute Gasteiger partial charge is 0.261 e. The molecular formula is C41H59N2O9P. The summed E-state index contributed by atoms with van der Waals surface area (Å²) in [6.07, 6.45) is -0.633. The Morgan fingerprint density at radius 1 is 0.585 bits per heavy atom. The Balaban J connectivity index is 1.74. The van der Waals surface area contributed by atoms with Crippen molar-refractivity contribution < 1.29 is 42.2 Å². The maximum Gasteiger partial charge on any atom is 0.261 e. The molecule has 0 heterocycles. The molecule has 0 amide bonds. The molecule has 0 saturated carbocycles. The molecule has 3 aromatic rings. The van der Waals surface area contributed by atoms with E-state index < -0.39 is 20.4 Å². The summed E-state index contributed by atoms with van der Waals surface area (Å²) in [5, 5.41) is 9.30. The number of benzene rings is 3. The van der Waals surface area contributed by atoms with Crippen LogP contribution < -0.4 is 0 Å². The van der Waals surface area contributed by atoms with Gasteiger partial charge in [-0.25, -0.2) is 4.67 Å². The maximum atomic E-state index is 9.30. The number of methoxy groups -OCH3 is 1. The molecule has 0 aliphatic heterocycles. The molecule has 0 fully saturated rings. The van der Waals surface area contributed by atoms with Crippen molar-refractivity contribution in [3.8, 4) is 6.07 Å². The zero-order valence-electron chi connectivity index (χ0n) is 32.1. The van der Waals surface area contributed by atoms with Crippen LogP contribution in [0.3, 0.4) is 0 Å². The van der Waals surface area contributed by atoms with Crippen LogP contribution in [0.4, 0.5) is 0 Å². The highest BCUT2D eigenvalue weighted by Gasteiger charge is 2.42. The molecule has 3 aromatic carbocycles. The first-order chi connectivity index (χ1) is 25.9. The average Bonchev–Trinajstić information content (AvgIpc) is 3.17. The summed E-state index contributed by atoms with van der Waals surface area (Å²) >= 11 is 0. The van der Waals surface area contributed by atoms with Crippen LogP contribution in [0.25, 0.3) is 0 Å². The van der Waals surface area contributed by atoms with Gasteiger partial charge in [-0.3, -0.25) is 4.52 Å².